The average molecular weight is 222 g/mol. The molecule has 0 bridgehead atoms. The molecule has 2 N–H and O–H groups in total. The van der Waals surface area contributed by atoms with Gasteiger partial charge in [-0.3, -0.25) is 4.79 Å². The van der Waals surface area contributed by atoms with Crippen LogP contribution < -0.4 is 5.73 Å². The van der Waals surface area contributed by atoms with E-state index in [4.69, 9.17) is 10.2 Å². The van der Waals surface area contributed by atoms with Crippen LogP contribution in [-0.2, 0) is 4.79 Å². The van der Waals surface area contributed by atoms with Crippen molar-refractivity contribution in [3.63, 3.8) is 0 Å². The molecule has 0 radical (unpaired) electrons. The minimum Gasteiger partial charge on any atom is -0.464 e. The number of hydrogen-bond acceptors (Lipinski definition) is 3. The molecule has 2 unspecified atom stereocenters. The quantitative estimate of drug-likeness (QED) is 0.826. The molecule has 1 saturated heterocycles. The van der Waals surface area contributed by atoms with Crippen LogP contribution >= 0.6 is 0 Å². The molecule has 4 heteroatoms. The van der Waals surface area contributed by atoms with Gasteiger partial charge in [0.1, 0.15) is 17.6 Å². The van der Waals surface area contributed by atoms with Crippen LogP contribution in [0, 0.1) is 6.92 Å². The molecule has 1 fully saturated rings. The fourth-order valence-corrected chi connectivity index (χ4v) is 2.35. The largest absolute Gasteiger partial charge is 0.464 e. The van der Waals surface area contributed by atoms with E-state index in [0.717, 1.165) is 11.5 Å². The molecule has 2 rings (SSSR count). The monoisotopic (exact) mass is 222 g/mol. The number of carbonyl (C=O) groups excluding carboxylic acids is 1. The molecule has 1 amide bonds. The lowest BCUT2D eigenvalue weighted by molar-refractivity contribution is -0.130. The number of nitrogens with two attached hydrogens (primary N) is 1. The number of amides is 1. The maximum absolute atomic E-state index is 11.8. The van der Waals surface area contributed by atoms with Gasteiger partial charge in [0.15, 0.2) is 0 Å². The van der Waals surface area contributed by atoms with Crippen LogP contribution in [0.4, 0.5) is 0 Å². The van der Waals surface area contributed by atoms with Gasteiger partial charge in [-0.05, 0) is 32.9 Å². The summed E-state index contributed by atoms with van der Waals surface area (Å²) in [6, 6.07) is 3.69. The lowest BCUT2D eigenvalue weighted by Gasteiger charge is -2.28. The SMILES string of the molecule is Cc1ccc(C2C(N)CC(=O)N2C(C)C)o1. The van der Waals surface area contributed by atoms with Gasteiger partial charge < -0.3 is 15.1 Å². The molecule has 4 nitrogen and oxygen atoms in total. The molecule has 16 heavy (non-hydrogen) atoms. The zero-order chi connectivity index (χ0) is 11.9. The molecular formula is C12H18N2O2. The van der Waals surface area contributed by atoms with E-state index in [2.05, 4.69) is 0 Å². The lowest BCUT2D eigenvalue weighted by atomic mass is 10.1. The van der Waals surface area contributed by atoms with Crippen molar-refractivity contribution in [1.29, 1.82) is 0 Å². The summed E-state index contributed by atoms with van der Waals surface area (Å²) in [4.78, 5) is 13.6. The summed E-state index contributed by atoms with van der Waals surface area (Å²) in [5, 5.41) is 0. The predicted molar refractivity (Wildman–Crippen MR) is 60.8 cm³/mol. The predicted octanol–water partition coefficient (Wildman–Crippen LogP) is 1.60. The van der Waals surface area contributed by atoms with E-state index in [9.17, 15) is 4.79 Å². The molecule has 1 aromatic rings. The highest BCUT2D eigenvalue weighted by Crippen LogP contribution is 2.34. The summed E-state index contributed by atoms with van der Waals surface area (Å²) in [6.45, 7) is 5.89. The van der Waals surface area contributed by atoms with E-state index >= 15 is 0 Å². The van der Waals surface area contributed by atoms with Crippen LogP contribution in [0.5, 0.6) is 0 Å². The Morgan fingerprint density at radius 3 is 2.69 bits per heavy atom. The first-order valence-electron chi connectivity index (χ1n) is 5.63. The van der Waals surface area contributed by atoms with Gasteiger partial charge in [0, 0.05) is 18.5 Å². The standard InChI is InChI=1S/C12H18N2O2/c1-7(2)14-11(15)6-9(13)12(14)10-5-4-8(3)16-10/h4-5,7,9,12H,6,13H2,1-3H3. The van der Waals surface area contributed by atoms with Crippen molar-refractivity contribution < 1.29 is 9.21 Å². The Hall–Kier alpha value is -1.29. The van der Waals surface area contributed by atoms with Crippen LogP contribution in [0.1, 0.15) is 37.8 Å². The van der Waals surface area contributed by atoms with Gasteiger partial charge in [-0.1, -0.05) is 0 Å². The molecule has 1 aliphatic heterocycles. The minimum absolute atomic E-state index is 0.110. The smallest absolute Gasteiger partial charge is 0.225 e. The summed E-state index contributed by atoms with van der Waals surface area (Å²) in [6.07, 6.45) is 0.405. The van der Waals surface area contributed by atoms with Gasteiger partial charge in [-0.15, -0.1) is 0 Å². The fourth-order valence-electron chi connectivity index (χ4n) is 2.35. The van der Waals surface area contributed by atoms with Crippen molar-refractivity contribution in [2.45, 2.75) is 45.3 Å². The van der Waals surface area contributed by atoms with Crippen LogP contribution in [0.3, 0.4) is 0 Å². The number of hydrogen-bond donors (Lipinski definition) is 1. The molecule has 0 saturated carbocycles. The zero-order valence-electron chi connectivity index (χ0n) is 9.93. The number of nitrogens with zero attached hydrogens (tertiary/aromatic N) is 1. The fraction of sp³-hybridized carbons (Fsp3) is 0.583. The zero-order valence-corrected chi connectivity index (χ0v) is 9.93. The highest BCUT2D eigenvalue weighted by atomic mass is 16.3. The topological polar surface area (TPSA) is 59.5 Å². The number of furan rings is 1. The van der Waals surface area contributed by atoms with E-state index in [1.807, 2.05) is 37.8 Å². The number of carbonyl (C=O) groups is 1. The molecule has 2 atom stereocenters. The molecule has 1 aliphatic rings. The maximum atomic E-state index is 11.8. The Bertz CT molecular complexity index is 397. The van der Waals surface area contributed by atoms with E-state index in [1.165, 1.54) is 0 Å². The molecule has 0 aliphatic carbocycles. The van der Waals surface area contributed by atoms with Gasteiger partial charge in [0.05, 0.1) is 0 Å². The van der Waals surface area contributed by atoms with Crippen molar-refractivity contribution >= 4 is 5.91 Å². The Balaban J connectivity index is 2.33. The lowest BCUT2D eigenvalue weighted by Crippen LogP contribution is -2.37. The van der Waals surface area contributed by atoms with E-state index in [-0.39, 0.29) is 24.0 Å². The summed E-state index contributed by atoms with van der Waals surface area (Å²) < 4.78 is 5.59. The highest BCUT2D eigenvalue weighted by Gasteiger charge is 2.41. The average Bonchev–Trinajstić information content (AvgIpc) is 2.69. The molecule has 0 aromatic carbocycles. The van der Waals surface area contributed by atoms with E-state index < -0.39 is 0 Å². The van der Waals surface area contributed by atoms with Crippen molar-refractivity contribution in [1.82, 2.24) is 4.90 Å². The normalized spacial score (nSPS) is 25.8. The van der Waals surface area contributed by atoms with Crippen molar-refractivity contribution in [3.05, 3.63) is 23.7 Å². The Morgan fingerprint density at radius 1 is 1.50 bits per heavy atom. The molecule has 0 spiro atoms. The van der Waals surface area contributed by atoms with Gasteiger partial charge in [-0.2, -0.15) is 0 Å². The summed E-state index contributed by atoms with van der Waals surface area (Å²) >= 11 is 0. The third kappa shape index (κ3) is 1.73. The second-order valence-corrected chi connectivity index (χ2v) is 4.66. The van der Waals surface area contributed by atoms with Gasteiger partial charge >= 0.3 is 0 Å². The van der Waals surface area contributed by atoms with Crippen molar-refractivity contribution in [2.24, 2.45) is 5.73 Å². The second kappa shape index (κ2) is 3.94. The number of aryl methyl sites for hydroxylation is 1. The number of likely N-dealkylation sites (tertiary alicyclic amines) is 1. The van der Waals surface area contributed by atoms with Crippen LogP contribution in [-0.4, -0.2) is 22.9 Å². The Kier molecular flexibility index (Phi) is 2.76. The van der Waals surface area contributed by atoms with Gasteiger partial charge in [0.25, 0.3) is 0 Å². The third-order valence-corrected chi connectivity index (χ3v) is 3.01. The summed E-state index contributed by atoms with van der Waals surface area (Å²) in [5.74, 6) is 1.76. The molecule has 2 heterocycles. The van der Waals surface area contributed by atoms with E-state index in [0.29, 0.717) is 6.42 Å². The van der Waals surface area contributed by atoms with Crippen molar-refractivity contribution in [2.75, 3.05) is 0 Å². The second-order valence-electron chi connectivity index (χ2n) is 4.66. The molecule has 1 aromatic heterocycles. The van der Waals surface area contributed by atoms with Crippen LogP contribution in [0.25, 0.3) is 0 Å². The summed E-state index contributed by atoms with van der Waals surface area (Å²) in [7, 11) is 0. The summed E-state index contributed by atoms with van der Waals surface area (Å²) in [5.41, 5.74) is 6.02. The Morgan fingerprint density at radius 2 is 2.19 bits per heavy atom. The maximum Gasteiger partial charge on any atom is 0.225 e. The molecular weight excluding hydrogens is 204 g/mol. The van der Waals surface area contributed by atoms with Crippen molar-refractivity contribution in [3.8, 4) is 0 Å². The highest BCUT2D eigenvalue weighted by molar-refractivity contribution is 5.80. The third-order valence-electron chi connectivity index (χ3n) is 3.01. The van der Waals surface area contributed by atoms with Crippen LogP contribution in [0.15, 0.2) is 16.5 Å². The Labute approximate surface area is 95.4 Å². The van der Waals surface area contributed by atoms with E-state index in [1.54, 1.807) is 0 Å². The van der Waals surface area contributed by atoms with Crippen LogP contribution in [0.2, 0.25) is 0 Å². The van der Waals surface area contributed by atoms with Gasteiger partial charge in [-0.25, -0.2) is 0 Å². The van der Waals surface area contributed by atoms with Gasteiger partial charge in [0.2, 0.25) is 5.91 Å². The number of rotatable bonds is 2. The first-order valence-corrected chi connectivity index (χ1v) is 5.63. The first-order chi connectivity index (χ1) is 7.50. The minimum atomic E-state index is -0.166. The first kappa shape index (κ1) is 11.2. The molecule has 88 valence electrons.